The first-order chi connectivity index (χ1) is 11.5. The van der Waals surface area contributed by atoms with Gasteiger partial charge in [0.1, 0.15) is 5.01 Å². The highest BCUT2D eigenvalue weighted by Crippen LogP contribution is 2.24. The van der Waals surface area contributed by atoms with E-state index in [1.54, 1.807) is 5.38 Å². The van der Waals surface area contributed by atoms with Gasteiger partial charge in [-0.25, -0.2) is 9.78 Å². The zero-order valence-corrected chi connectivity index (χ0v) is 13.9. The minimum absolute atomic E-state index is 0.136. The van der Waals surface area contributed by atoms with Crippen molar-refractivity contribution in [2.45, 2.75) is 13.3 Å². The van der Waals surface area contributed by atoms with Crippen LogP contribution in [0, 0.1) is 0 Å². The average Bonchev–Trinajstić information content (AvgIpc) is 3.08. The Morgan fingerprint density at radius 1 is 1.25 bits per heavy atom. The monoisotopic (exact) mass is 347 g/mol. The summed E-state index contributed by atoms with van der Waals surface area (Å²) in [6.45, 7) is 1.28. The Kier molecular flexibility index (Phi) is 6.02. The predicted molar refractivity (Wildman–Crippen MR) is 89.4 cm³/mol. The summed E-state index contributed by atoms with van der Waals surface area (Å²) in [5.74, 6) is -1.97. The number of nitrogens with two attached hydrogens (primary N) is 1. The van der Waals surface area contributed by atoms with Crippen LogP contribution in [-0.4, -0.2) is 35.9 Å². The molecule has 8 heteroatoms. The van der Waals surface area contributed by atoms with Crippen molar-refractivity contribution in [3.8, 4) is 10.6 Å². The molecule has 24 heavy (non-hydrogen) atoms. The van der Waals surface area contributed by atoms with Crippen molar-refractivity contribution in [2.75, 3.05) is 13.2 Å². The van der Waals surface area contributed by atoms with E-state index in [2.05, 4.69) is 17.2 Å². The smallest absolute Gasteiger partial charge is 0.358 e. The maximum absolute atomic E-state index is 11.9. The number of rotatable bonds is 7. The van der Waals surface area contributed by atoms with Gasteiger partial charge in [0.15, 0.2) is 12.3 Å². The Labute approximate surface area is 142 Å². The highest BCUT2D eigenvalue weighted by atomic mass is 32.1. The van der Waals surface area contributed by atoms with Gasteiger partial charge in [-0.2, -0.15) is 0 Å². The zero-order chi connectivity index (χ0) is 17.5. The van der Waals surface area contributed by atoms with Gasteiger partial charge in [-0.3, -0.25) is 9.59 Å². The molecule has 126 valence electrons. The van der Waals surface area contributed by atoms with Crippen LogP contribution in [0.1, 0.15) is 23.0 Å². The summed E-state index contributed by atoms with van der Waals surface area (Å²) in [7, 11) is 0. The molecule has 0 spiro atoms. The van der Waals surface area contributed by atoms with Gasteiger partial charge in [0, 0.05) is 10.9 Å². The van der Waals surface area contributed by atoms with Crippen LogP contribution in [0.5, 0.6) is 0 Å². The van der Waals surface area contributed by atoms with Gasteiger partial charge in [0.05, 0.1) is 6.54 Å². The van der Waals surface area contributed by atoms with E-state index in [-0.39, 0.29) is 12.2 Å². The summed E-state index contributed by atoms with van der Waals surface area (Å²) >= 11 is 1.32. The lowest BCUT2D eigenvalue weighted by Gasteiger charge is -2.03. The standard InChI is InChI=1S/C16H17N3O4S/c1-2-10-3-5-11(6-4-10)15-19-12(9-24-15)16(22)23-8-14(21)18-7-13(17)20/h3-6,9H,2,7-8H2,1H3,(H2,17,20)(H,18,21). The molecule has 0 fully saturated rings. The number of carbonyl (C=O) groups excluding carboxylic acids is 3. The molecule has 0 aliphatic heterocycles. The zero-order valence-electron chi connectivity index (χ0n) is 13.1. The highest BCUT2D eigenvalue weighted by molar-refractivity contribution is 7.13. The van der Waals surface area contributed by atoms with E-state index in [0.29, 0.717) is 5.01 Å². The normalized spacial score (nSPS) is 10.2. The Hall–Kier alpha value is -2.74. The molecule has 0 unspecified atom stereocenters. The van der Waals surface area contributed by atoms with Crippen LogP contribution in [0.2, 0.25) is 0 Å². The molecule has 3 N–H and O–H groups in total. The lowest BCUT2D eigenvalue weighted by molar-refractivity contribution is -0.127. The summed E-state index contributed by atoms with van der Waals surface area (Å²) in [6.07, 6.45) is 0.952. The Morgan fingerprint density at radius 3 is 2.58 bits per heavy atom. The molecule has 0 saturated heterocycles. The van der Waals surface area contributed by atoms with Crippen molar-refractivity contribution in [1.82, 2.24) is 10.3 Å². The molecule has 0 radical (unpaired) electrons. The van der Waals surface area contributed by atoms with E-state index >= 15 is 0 Å². The van der Waals surface area contributed by atoms with Crippen LogP contribution in [0.4, 0.5) is 0 Å². The van der Waals surface area contributed by atoms with Gasteiger partial charge < -0.3 is 15.8 Å². The van der Waals surface area contributed by atoms with E-state index in [1.807, 2.05) is 24.3 Å². The number of hydrogen-bond donors (Lipinski definition) is 2. The van der Waals surface area contributed by atoms with Crippen molar-refractivity contribution in [3.63, 3.8) is 0 Å². The maximum atomic E-state index is 11.9. The van der Waals surface area contributed by atoms with Crippen molar-refractivity contribution < 1.29 is 19.1 Å². The number of amides is 2. The number of aryl methyl sites for hydroxylation is 1. The van der Waals surface area contributed by atoms with Gasteiger partial charge in [-0.15, -0.1) is 11.3 Å². The molecule has 2 aromatic rings. The minimum Gasteiger partial charge on any atom is -0.451 e. The summed E-state index contributed by atoms with van der Waals surface area (Å²) in [5, 5.41) is 4.50. The van der Waals surface area contributed by atoms with Gasteiger partial charge >= 0.3 is 5.97 Å². The molecule has 2 rings (SSSR count). The number of hydrogen-bond acceptors (Lipinski definition) is 6. The fourth-order valence-electron chi connectivity index (χ4n) is 1.82. The molecular weight excluding hydrogens is 330 g/mol. The Morgan fingerprint density at radius 2 is 1.96 bits per heavy atom. The van der Waals surface area contributed by atoms with E-state index in [9.17, 15) is 14.4 Å². The second kappa shape index (κ2) is 8.21. The molecule has 0 aliphatic rings. The summed E-state index contributed by atoms with van der Waals surface area (Å²) < 4.78 is 4.85. The number of aromatic nitrogens is 1. The number of nitrogens with zero attached hydrogens (tertiary/aromatic N) is 1. The molecule has 0 bridgehead atoms. The van der Waals surface area contributed by atoms with Crippen molar-refractivity contribution in [2.24, 2.45) is 5.73 Å². The molecule has 1 heterocycles. The first-order valence-electron chi connectivity index (χ1n) is 7.26. The number of ether oxygens (including phenoxy) is 1. The Bertz CT molecular complexity index is 740. The van der Waals surface area contributed by atoms with Crippen LogP contribution < -0.4 is 11.1 Å². The molecule has 0 aliphatic carbocycles. The summed E-state index contributed by atoms with van der Waals surface area (Å²) in [5.41, 5.74) is 7.16. The predicted octanol–water partition coefficient (Wildman–Crippen LogP) is 1.13. The van der Waals surface area contributed by atoms with Crippen LogP contribution >= 0.6 is 11.3 Å². The first-order valence-corrected chi connectivity index (χ1v) is 8.14. The number of thiazole rings is 1. The fourth-order valence-corrected chi connectivity index (χ4v) is 2.62. The second-order valence-electron chi connectivity index (χ2n) is 4.91. The quantitative estimate of drug-likeness (QED) is 0.729. The number of carbonyl (C=O) groups is 3. The van der Waals surface area contributed by atoms with Crippen LogP contribution in [0.3, 0.4) is 0 Å². The third-order valence-corrected chi connectivity index (χ3v) is 4.01. The number of esters is 1. The third kappa shape index (κ3) is 4.88. The molecule has 1 aromatic carbocycles. The van der Waals surface area contributed by atoms with E-state index in [1.165, 1.54) is 16.9 Å². The molecule has 7 nitrogen and oxygen atoms in total. The van der Waals surface area contributed by atoms with Crippen LogP contribution in [0.15, 0.2) is 29.6 Å². The van der Waals surface area contributed by atoms with Crippen LogP contribution in [0.25, 0.3) is 10.6 Å². The lowest BCUT2D eigenvalue weighted by atomic mass is 10.1. The van der Waals surface area contributed by atoms with Gasteiger partial charge in [-0.05, 0) is 12.0 Å². The fraction of sp³-hybridized carbons (Fsp3) is 0.250. The molecular formula is C16H17N3O4S. The number of nitrogens with one attached hydrogen (secondary N) is 1. The summed E-state index contributed by atoms with van der Waals surface area (Å²) in [6, 6.07) is 7.92. The number of benzene rings is 1. The van der Waals surface area contributed by atoms with Crippen molar-refractivity contribution >= 4 is 29.1 Å². The van der Waals surface area contributed by atoms with Gasteiger partial charge in [0.25, 0.3) is 5.91 Å². The average molecular weight is 347 g/mol. The van der Waals surface area contributed by atoms with E-state index < -0.39 is 24.4 Å². The Balaban J connectivity index is 1.93. The topological polar surface area (TPSA) is 111 Å². The highest BCUT2D eigenvalue weighted by Gasteiger charge is 2.15. The van der Waals surface area contributed by atoms with E-state index in [4.69, 9.17) is 10.5 Å². The summed E-state index contributed by atoms with van der Waals surface area (Å²) in [4.78, 5) is 38.0. The minimum atomic E-state index is -0.697. The van der Waals surface area contributed by atoms with Crippen LogP contribution in [-0.2, 0) is 20.7 Å². The SMILES string of the molecule is CCc1ccc(-c2nc(C(=O)OCC(=O)NCC(N)=O)cs2)cc1. The third-order valence-electron chi connectivity index (χ3n) is 3.12. The maximum Gasteiger partial charge on any atom is 0.358 e. The first kappa shape index (κ1) is 17.6. The second-order valence-corrected chi connectivity index (χ2v) is 5.77. The largest absolute Gasteiger partial charge is 0.451 e. The van der Waals surface area contributed by atoms with Crippen molar-refractivity contribution in [3.05, 3.63) is 40.9 Å². The lowest BCUT2D eigenvalue weighted by Crippen LogP contribution is -2.36. The van der Waals surface area contributed by atoms with Gasteiger partial charge in [0.2, 0.25) is 5.91 Å². The molecule has 0 saturated carbocycles. The number of primary amides is 1. The molecule has 1 aromatic heterocycles. The molecule has 0 atom stereocenters. The molecule has 2 amide bonds. The van der Waals surface area contributed by atoms with E-state index in [0.717, 1.165) is 12.0 Å². The van der Waals surface area contributed by atoms with Gasteiger partial charge in [-0.1, -0.05) is 31.2 Å². The van der Waals surface area contributed by atoms with Crippen molar-refractivity contribution in [1.29, 1.82) is 0 Å².